The first-order chi connectivity index (χ1) is 7.53. The van der Waals surface area contributed by atoms with E-state index >= 15 is 0 Å². The Kier molecular flexibility index (Phi) is 4.50. The Labute approximate surface area is 98.4 Å². The molecule has 0 spiro atoms. The number of nitrogens with two attached hydrogens (primary N) is 1. The van der Waals surface area contributed by atoms with Crippen molar-refractivity contribution in [2.45, 2.75) is 32.2 Å². The monoisotopic (exact) mass is 224 g/mol. The maximum Gasteiger partial charge on any atom is 0.0492 e. The second-order valence-corrected chi connectivity index (χ2v) is 4.67. The first kappa shape index (κ1) is 13.2. The second kappa shape index (κ2) is 5.46. The van der Waals surface area contributed by atoms with Crippen molar-refractivity contribution in [3.8, 4) is 0 Å². The van der Waals surface area contributed by atoms with Gasteiger partial charge in [-0.2, -0.15) is 5.10 Å². The highest BCUT2D eigenvalue weighted by Gasteiger charge is 2.25. The summed E-state index contributed by atoms with van der Waals surface area (Å²) in [6.45, 7) is 6.12. The Balaban J connectivity index is 2.52. The maximum absolute atomic E-state index is 5.84. The number of rotatable bonds is 6. The maximum atomic E-state index is 5.84. The number of aryl methyl sites for hydroxylation is 1. The van der Waals surface area contributed by atoms with Crippen LogP contribution in [0, 0.1) is 0 Å². The zero-order chi connectivity index (χ0) is 12.2. The van der Waals surface area contributed by atoms with Crippen molar-refractivity contribution in [2.75, 3.05) is 20.1 Å². The lowest BCUT2D eigenvalue weighted by Gasteiger charge is -2.37. The normalized spacial score (nSPS) is 15.4. The van der Waals surface area contributed by atoms with Gasteiger partial charge in [-0.15, -0.1) is 0 Å². The van der Waals surface area contributed by atoms with E-state index in [0.717, 1.165) is 19.4 Å². The van der Waals surface area contributed by atoms with E-state index in [1.54, 1.807) is 0 Å². The van der Waals surface area contributed by atoms with Crippen LogP contribution in [-0.2, 0) is 13.5 Å². The molecule has 0 aromatic carbocycles. The fourth-order valence-corrected chi connectivity index (χ4v) is 1.77. The minimum atomic E-state index is 0.110. The Morgan fingerprint density at radius 1 is 1.56 bits per heavy atom. The molecule has 0 aliphatic rings. The summed E-state index contributed by atoms with van der Waals surface area (Å²) in [5.41, 5.74) is 7.21. The van der Waals surface area contributed by atoms with E-state index in [4.69, 9.17) is 5.73 Å². The van der Waals surface area contributed by atoms with Crippen molar-refractivity contribution in [1.29, 1.82) is 0 Å². The quantitative estimate of drug-likeness (QED) is 0.785. The third-order valence-electron chi connectivity index (χ3n) is 3.75. The van der Waals surface area contributed by atoms with E-state index in [2.05, 4.69) is 37.0 Å². The van der Waals surface area contributed by atoms with Gasteiger partial charge in [-0.05, 0) is 26.5 Å². The highest BCUT2D eigenvalue weighted by molar-refractivity contribution is 5.01. The molecule has 4 heteroatoms. The molecule has 0 amide bonds. The van der Waals surface area contributed by atoms with Crippen LogP contribution in [-0.4, -0.2) is 40.4 Å². The molecule has 0 bridgehead atoms. The minimum absolute atomic E-state index is 0.110. The second-order valence-electron chi connectivity index (χ2n) is 4.67. The van der Waals surface area contributed by atoms with E-state index < -0.39 is 0 Å². The van der Waals surface area contributed by atoms with E-state index in [0.29, 0.717) is 6.54 Å². The molecule has 1 unspecified atom stereocenters. The van der Waals surface area contributed by atoms with Gasteiger partial charge in [-0.1, -0.05) is 6.92 Å². The van der Waals surface area contributed by atoms with Crippen LogP contribution < -0.4 is 5.73 Å². The molecule has 1 atom stereocenters. The lowest BCUT2D eigenvalue weighted by molar-refractivity contribution is 0.140. The third-order valence-corrected chi connectivity index (χ3v) is 3.75. The summed E-state index contributed by atoms with van der Waals surface area (Å²) in [5.74, 6) is 0. The largest absolute Gasteiger partial charge is 0.329 e. The zero-order valence-corrected chi connectivity index (χ0v) is 10.9. The summed E-state index contributed by atoms with van der Waals surface area (Å²) in [6.07, 6.45) is 3.94. The number of likely N-dealkylation sites (N-methyl/N-ethyl adjacent to an activating group) is 1. The number of nitrogens with zero attached hydrogens (tertiary/aromatic N) is 3. The van der Waals surface area contributed by atoms with Crippen molar-refractivity contribution in [1.82, 2.24) is 14.7 Å². The number of hydrogen-bond acceptors (Lipinski definition) is 3. The average molecular weight is 224 g/mol. The van der Waals surface area contributed by atoms with Crippen LogP contribution in [0.2, 0.25) is 0 Å². The molecule has 0 aliphatic heterocycles. The first-order valence-corrected chi connectivity index (χ1v) is 5.91. The fraction of sp³-hybridized carbons (Fsp3) is 0.750. The van der Waals surface area contributed by atoms with Gasteiger partial charge >= 0.3 is 0 Å². The molecule has 1 rings (SSSR count). The van der Waals surface area contributed by atoms with Gasteiger partial charge in [-0.25, -0.2) is 0 Å². The van der Waals surface area contributed by atoms with E-state index in [-0.39, 0.29) is 5.54 Å². The van der Waals surface area contributed by atoms with Gasteiger partial charge in [0.25, 0.3) is 0 Å². The molecule has 0 fully saturated rings. The van der Waals surface area contributed by atoms with Crippen molar-refractivity contribution >= 4 is 0 Å². The SMILES string of the molecule is CCC(C)(CN)N(C)CCc1ccnn1C. The van der Waals surface area contributed by atoms with Crippen LogP contribution in [0.25, 0.3) is 0 Å². The first-order valence-electron chi connectivity index (χ1n) is 5.91. The van der Waals surface area contributed by atoms with Gasteiger partial charge in [0.1, 0.15) is 0 Å². The average Bonchev–Trinajstić information content (AvgIpc) is 2.70. The summed E-state index contributed by atoms with van der Waals surface area (Å²) >= 11 is 0. The number of aromatic nitrogens is 2. The van der Waals surface area contributed by atoms with Gasteiger partial charge in [0.2, 0.25) is 0 Å². The predicted molar refractivity (Wildman–Crippen MR) is 67.3 cm³/mol. The Hall–Kier alpha value is -0.870. The third kappa shape index (κ3) is 2.83. The van der Waals surface area contributed by atoms with Crippen molar-refractivity contribution in [3.63, 3.8) is 0 Å². The molecule has 1 aromatic rings. The van der Waals surface area contributed by atoms with Crippen LogP contribution in [0.1, 0.15) is 26.0 Å². The molecule has 1 aromatic heterocycles. The molecular weight excluding hydrogens is 200 g/mol. The van der Waals surface area contributed by atoms with Crippen LogP contribution >= 0.6 is 0 Å². The molecule has 1 heterocycles. The topological polar surface area (TPSA) is 47.1 Å². The van der Waals surface area contributed by atoms with Gasteiger partial charge in [0, 0.05) is 44.0 Å². The molecule has 2 N–H and O–H groups in total. The fourth-order valence-electron chi connectivity index (χ4n) is 1.77. The Morgan fingerprint density at radius 3 is 2.69 bits per heavy atom. The summed E-state index contributed by atoms with van der Waals surface area (Å²) < 4.78 is 1.93. The van der Waals surface area contributed by atoms with Crippen molar-refractivity contribution in [3.05, 3.63) is 18.0 Å². The van der Waals surface area contributed by atoms with Crippen LogP contribution in [0.4, 0.5) is 0 Å². The molecule has 92 valence electrons. The van der Waals surface area contributed by atoms with Gasteiger partial charge in [-0.3, -0.25) is 9.58 Å². The van der Waals surface area contributed by atoms with Gasteiger partial charge in [0.05, 0.1) is 0 Å². The Morgan fingerprint density at radius 2 is 2.25 bits per heavy atom. The number of hydrogen-bond donors (Lipinski definition) is 1. The lowest BCUT2D eigenvalue weighted by Crippen LogP contribution is -2.49. The van der Waals surface area contributed by atoms with E-state index in [9.17, 15) is 0 Å². The van der Waals surface area contributed by atoms with Crippen LogP contribution in [0.3, 0.4) is 0 Å². The van der Waals surface area contributed by atoms with Crippen molar-refractivity contribution in [2.24, 2.45) is 12.8 Å². The smallest absolute Gasteiger partial charge is 0.0492 e. The van der Waals surface area contributed by atoms with Crippen molar-refractivity contribution < 1.29 is 0 Å². The zero-order valence-electron chi connectivity index (χ0n) is 10.9. The summed E-state index contributed by atoms with van der Waals surface area (Å²) in [6, 6.07) is 2.07. The molecular formula is C12H24N4. The highest BCUT2D eigenvalue weighted by atomic mass is 15.3. The molecule has 0 radical (unpaired) electrons. The van der Waals surface area contributed by atoms with Crippen LogP contribution in [0.15, 0.2) is 12.3 Å². The summed E-state index contributed by atoms with van der Waals surface area (Å²) in [5, 5.41) is 4.17. The summed E-state index contributed by atoms with van der Waals surface area (Å²) in [4.78, 5) is 2.35. The lowest BCUT2D eigenvalue weighted by atomic mass is 9.97. The molecule has 4 nitrogen and oxygen atoms in total. The molecule has 0 aliphatic carbocycles. The van der Waals surface area contributed by atoms with Crippen LogP contribution in [0.5, 0.6) is 0 Å². The van der Waals surface area contributed by atoms with E-state index in [1.165, 1.54) is 5.69 Å². The minimum Gasteiger partial charge on any atom is -0.329 e. The van der Waals surface area contributed by atoms with Gasteiger partial charge < -0.3 is 5.73 Å². The standard InChI is InChI=1S/C12H24N4/c1-5-12(2,10-13)15(3)9-7-11-6-8-14-16(11)4/h6,8H,5,7,9-10,13H2,1-4H3. The summed E-state index contributed by atoms with van der Waals surface area (Å²) in [7, 11) is 4.13. The van der Waals surface area contributed by atoms with E-state index in [1.807, 2.05) is 17.9 Å². The predicted octanol–water partition coefficient (Wildman–Crippen LogP) is 1.02. The molecule has 0 saturated carbocycles. The van der Waals surface area contributed by atoms with Gasteiger partial charge in [0.15, 0.2) is 0 Å². The molecule has 0 saturated heterocycles. The highest BCUT2D eigenvalue weighted by Crippen LogP contribution is 2.16. The Bertz CT molecular complexity index is 315. The molecule has 16 heavy (non-hydrogen) atoms.